The van der Waals surface area contributed by atoms with Crippen LogP contribution in [0.25, 0.3) is 6.08 Å². The molecule has 1 aromatic carbocycles. The zero-order chi connectivity index (χ0) is 15.0. The molecule has 5 heteroatoms. The van der Waals surface area contributed by atoms with Crippen molar-refractivity contribution < 1.29 is 14.3 Å². The maximum Gasteiger partial charge on any atom is 0.216 e. The summed E-state index contributed by atoms with van der Waals surface area (Å²) in [6.07, 6.45) is 4.86. The zero-order valence-electron chi connectivity index (χ0n) is 12.1. The van der Waals surface area contributed by atoms with E-state index in [4.69, 9.17) is 4.74 Å². The number of ether oxygens (including phenoxy) is 1. The lowest BCUT2D eigenvalue weighted by atomic mass is 9.90. The van der Waals surface area contributed by atoms with Crippen molar-refractivity contribution in [1.82, 2.24) is 5.32 Å². The number of amides is 2. The number of anilines is 1. The highest BCUT2D eigenvalue weighted by atomic mass is 16.5. The molecule has 3 rings (SSSR count). The van der Waals surface area contributed by atoms with Crippen molar-refractivity contribution in [3.63, 3.8) is 0 Å². The summed E-state index contributed by atoms with van der Waals surface area (Å²) in [6, 6.07) is 3.83. The van der Waals surface area contributed by atoms with Crippen LogP contribution >= 0.6 is 0 Å². The second kappa shape index (κ2) is 5.24. The molecule has 2 heterocycles. The monoisotopic (exact) mass is 286 g/mol. The van der Waals surface area contributed by atoms with Gasteiger partial charge < -0.3 is 15.0 Å². The molecule has 2 aliphatic heterocycles. The van der Waals surface area contributed by atoms with Crippen molar-refractivity contribution in [2.45, 2.75) is 25.8 Å². The normalized spacial score (nSPS) is 22.3. The molecule has 0 saturated carbocycles. The van der Waals surface area contributed by atoms with Crippen LogP contribution in [-0.4, -0.2) is 31.5 Å². The standard InChI is InChI=1S/C16H18N2O3/c1-10-13(8-17-11(2)20)16-12-4-3-7-21-15(12)6-5-14(16)18(10)9-19/h3-6,9-10,13H,7-8H2,1-2H3,(H,17,20). The van der Waals surface area contributed by atoms with Gasteiger partial charge in [0.25, 0.3) is 0 Å². The van der Waals surface area contributed by atoms with Gasteiger partial charge in [0.2, 0.25) is 12.3 Å². The second-order valence-electron chi connectivity index (χ2n) is 5.42. The summed E-state index contributed by atoms with van der Waals surface area (Å²) in [7, 11) is 0. The number of benzene rings is 1. The number of carbonyl (C=O) groups is 2. The van der Waals surface area contributed by atoms with Gasteiger partial charge in [-0.25, -0.2) is 0 Å². The van der Waals surface area contributed by atoms with E-state index in [1.54, 1.807) is 4.90 Å². The summed E-state index contributed by atoms with van der Waals surface area (Å²) < 4.78 is 5.65. The van der Waals surface area contributed by atoms with Crippen LogP contribution in [0, 0.1) is 0 Å². The van der Waals surface area contributed by atoms with E-state index in [2.05, 4.69) is 5.32 Å². The first-order chi connectivity index (χ1) is 10.1. The predicted octanol–water partition coefficient (Wildman–Crippen LogP) is 1.68. The van der Waals surface area contributed by atoms with Gasteiger partial charge >= 0.3 is 0 Å². The smallest absolute Gasteiger partial charge is 0.216 e. The number of hydrogen-bond acceptors (Lipinski definition) is 3. The molecule has 110 valence electrons. The molecule has 21 heavy (non-hydrogen) atoms. The molecule has 0 fully saturated rings. The SMILES string of the molecule is CC(=O)NCC1c2c(ccc3c2C=CCO3)N(C=O)C1C. The Bertz CT molecular complexity index is 624. The number of rotatable bonds is 3. The van der Waals surface area contributed by atoms with Crippen LogP contribution in [-0.2, 0) is 9.59 Å². The number of nitrogens with zero attached hydrogens (tertiary/aromatic N) is 1. The van der Waals surface area contributed by atoms with Crippen molar-refractivity contribution in [3.8, 4) is 5.75 Å². The third kappa shape index (κ3) is 2.18. The van der Waals surface area contributed by atoms with Gasteiger partial charge in [-0.05, 0) is 30.7 Å². The molecule has 2 unspecified atom stereocenters. The lowest BCUT2D eigenvalue weighted by molar-refractivity contribution is -0.119. The molecule has 0 bridgehead atoms. The van der Waals surface area contributed by atoms with E-state index in [0.29, 0.717) is 13.2 Å². The Labute approximate surface area is 123 Å². The van der Waals surface area contributed by atoms with Crippen LogP contribution in [0.4, 0.5) is 5.69 Å². The Hall–Kier alpha value is -2.30. The van der Waals surface area contributed by atoms with E-state index < -0.39 is 0 Å². The van der Waals surface area contributed by atoms with Gasteiger partial charge in [0.05, 0.1) is 0 Å². The Kier molecular flexibility index (Phi) is 3.41. The van der Waals surface area contributed by atoms with Gasteiger partial charge in [0.1, 0.15) is 12.4 Å². The molecule has 0 aromatic heterocycles. The van der Waals surface area contributed by atoms with E-state index in [9.17, 15) is 9.59 Å². The average molecular weight is 286 g/mol. The fraction of sp³-hybridized carbons (Fsp3) is 0.375. The Morgan fingerprint density at radius 3 is 3.05 bits per heavy atom. The first-order valence-electron chi connectivity index (χ1n) is 7.07. The van der Waals surface area contributed by atoms with Gasteiger partial charge in [-0.3, -0.25) is 9.59 Å². The summed E-state index contributed by atoms with van der Waals surface area (Å²) in [6.45, 7) is 4.58. The molecule has 0 saturated heterocycles. The number of hydrogen-bond donors (Lipinski definition) is 1. The van der Waals surface area contributed by atoms with Crippen LogP contribution in [0.15, 0.2) is 18.2 Å². The third-order valence-electron chi connectivity index (χ3n) is 4.20. The van der Waals surface area contributed by atoms with Crippen molar-refractivity contribution in [2.24, 2.45) is 0 Å². The summed E-state index contributed by atoms with van der Waals surface area (Å²) in [5.74, 6) is 0.837. The molecule has 2 aliphatic rings. The molecule has 2 amide bonds. The summed E-state index contributed by atoms with van der Waals surface area (Å²) in [5.41, 5.74) is 3.00. The maximum atomic E-state index is 11.4. The second-order valence-corrected chi connectivity index (χ2v) is 5.42. The summed E-state index contributed by atoms with van der Waals surface area (Å²) >= 11 is 0. The fourth-order valence-electron chi connectivity index (χ4n) is 3.15. The van der Waals surface area contributed by atoms with Crippen LogP contribution < -0.4 is 15.0 Å². The molecular formula is C16H18N2O3. The minimum Gasteiger partial charge on any atom is -0.489 e. The van der Waals surface area contributed by atoms with Gasteiger partial charge in [0.15, 0.2) is 0 Å². The average Bonchev–Trinajstić information content (AvgIpc) is 2.76. The molecule has 5 nitrogen and oxygen atoms in total. The van der Waals surface area contributed by atoms with Crippen molar-refractivity contribution in [3.05, 3.63) is 29.3 Å². The summed E-state index contributed by atoms with van der Waals surface area (Å²) in [5, 5.41) is 2.86. The number of carbonyl (C=O) groups excluding carboxylic acids is 2. The highest BCUT2D eigenvalue weighted by molar-refractivity contribution is 5.86. The van der Waals surface area contributed by atoms with Gasteiger partial charge in [-0.15, -0.1) is 0 Å². The van der Waals surface area contributed by atoms with E-state index >= 15 is 0 Å². The largest absolute Gasteiger partial charge is 0.489 e. The molecule has 0 spiro atoms. The van der Waals surface area contributed by atoms with Gasteiger partial charge in [-0.1, -0.05) is 6.08 Å². The van der Waals surface area contributed by atoms with Gasteiger partial charge in [-0.2, -0.15) is 0 Å². The first kappa shape index (κ1) is 13.7. The van der Waals surface area contributed by atoms with Crippen molar-refractivity contribution in [1.29, 1.82) is 0 Å². The zero-order valence-corrected chi connectivity index (χ0v) is 12.1. The number of nitrogens with one attached hydrogen (secondary N) is 1. The highest BCUT2D eigenvalue weighted by Gasteiger charge is 2.38. The Morgan fingerprint density at radius 2 is 2.33 bits per heavy atom. The predicted molar refractivity (Wildman–Crippen MR) is 80.4 cm³/mol. The molecular weight excluding hydrogens is 268 g/mol. The Morgan fingerprint density at radius 1 is 1.52 bits per heavy atom. The van der Waals surface area contributed by atoms with E-state index in [-0.39, 0.29) is 17.9 Å². The van der Waals surface area contributed by atoms with E-state index in [1.807, 2.05) is 31.2 Å². The van der Waals surface area contributed by atoms with E-state index in [1.165, 1.54) is 6.92 Å². The highest BCUT2D eigenvalue weighted by Crippen LogP contribution is 2.46. The summed E-state index contributed by atoms with van der Waals surface area (Å²) in [4.78, 5) is 24.4. The molecule has 0 radical (unpaired) electrons. The topological polar surface area (TPSA) is 58.6 Å². The first-order valence-corrected chi connectivity index (χ1v) is 7.07. The molecule has 1 aromatic rings. The van der Waals surface area contributed by atoms with Crippen LogP contribution in [0.1, 0.15) is 30.9 Å². The molecule has 1 N–H and O–H groups in total. The van der Waals surface area contributed by atoms with Crippen molar-refractivity contribution in [2.75, 3.05) is 18.1 Å². The quantitative estimate of drug-likeness (QED) is 0.860. The van der Waals surface area contributed by atoms with Crippen LogP contribution in [0.2, 0.25) is 0 Å². The van der Waals surface area contributed by atoms with Crippen molar-refractivity contribution >= 4 is 24.1 Å². The lowest BCUT2D eigenvalue weighted by Gasteiger charge is -2.22. The van der Waals surface area contributed by atoms with Crippen LogP contribution in [0.5, 0.6) is 5.75 Å². The third-order valence-corrected chi connectivity index (χ3v) is 4.20. The maximum absolute atomic E-state index is 11.4. The molecule has 0 aliphatic carbocycles. The lowest BCUT2D eigenvalue weighted by Crippen LogP contribution is -2.35. The minimum atomic E-state index is -0.0649. The van der Waals surface area contributed by atoms with E-state index in [0.717, 1.165) is 29.0 Å². The Balaban J connectivity index is 2.08. The molecule has 2 atom stereocenters. The number of fused-ring (bicyclic) bond motifs is 3. The fourth-order valence-corrected chi connectivity index (χ4v) is 3.15. The van der Waals surface area contributed by atoms with Gasteiger partial charge in [0, 0.05) is 36.7 Å². The van der Waals surface area contributed by atoms with Crippen LogP contribution in [0.3, 0.4) is 0 Å². The minimum absolute atomic E-state index is 0.00572.